The molecule has 2 aliphatic rings. The van der Waals surface area contributed by atoms with Gasteiger partial charge in [-0.25, -0.2) is 4.79 Å². The number of rotatable bonds is 3. The Hall–Kier alpha value is -1.28. The Morgan fingerprint density at radius 1 is 1.42 bits per heavy atom. The van der Waals surface area contributed by atoms with Crippen LogP contribution in [-0.4, -0.2) is 58.3 Å². The second kappa shape index (κ2) is 7.74. The molecule has 0 saturated carbocycles. The molecule has 0 aromatic rings. The first-order chi connectivity index (χ1) is 11.2. The summed E-state index contributed by atoms with van der Waals surface area (Å²) in [6.45, 7) is 9.57. The summed E-state index contributed by atoms with van der Waals surface area (Å²) >= 11 is 1.36. The van der Waals surface area contributed by atoms with Crippen LogP contribution in [-0.2, 0) is 14.3 Å². The minimum atomic E-state index is -0.569. The Balaban J connectivity index is 1.95. The van der Waals surface area contributed by atoms with E-state index in [9.17, 15) is 9.59 Å². The number of nitrogens with zero attached hydrogens (tertiary/aromatic N) is 2. The van der Waals surface area contributed by atoms with Crippen molar-refractivity contribution in [3.8, 4) is 0 Å². The van der Waals surface area contributed by atoms with Gasteiger partial charge in [-0.2, -0.15) is 0 Å². The number of carbonyl (C=O) groups is 2. The minimum absolute atomic E-state index is 0.124. The van der Waals surface area contributed by atoms with E-state index < -0.39 is 11.7 Å². The lowest BCUT2D eigenvalue weighted by Crippen LogP contribution is -2.41. The third-order valence-corrected chi connectivity index (χ3v) is 4.25. The molecule has 132 valence electrons. The van der Waals surface area contributed by atoms with Gasteiger partial charge in [0.25, 0.3) is 0 Å². The zero-order chi connectivity index (χ0) is 17.9. The SMILES string of the molecule is CCN(C(=O)OC(C)(C)C)C1=N[C@@H]2[C][C][C@H](CNC(C)=O)O[C@@H]2S1. The van der Waals surface area contributed by atoms with Crippen LogP contribution in [0.25, 0.3) is 0 Å². The highest BCUT2D eigenvalue weighted by molar-refractivity contribution is 8.14. The van der Waals surface area contributed by atoms with Crippen molar-refractivity contribution in [3.05, 3.63) is 12.8 Å². The Morgan fingerprint density at radius 3 is 2.71 bits per heavy atom. The first-order valence-corrected chi connectivity index (χ1v) is 8.73. The maximum absolute atomic E-state index is 12.3. The van der Waals surface area contributed by atoms with Crippen LogP contribution in [0, 0.1) is 12.8 Å². The molecule has 24 heavy (non-hydrogen) atoms. The largest absolute Gasteiger partial charge is 0.443 e. The van der Waals surface area contributed by atoms with E-state index in [1.807, 2.05) is 27.7 Å². The van der Waals surface area contributed by atoms with Gasteiger partial charge in [-0.3, -0.25) is 14.7 Å². The Bertz CT molecular complexity index is 518. The summed E-state index contributed by atoms with van der Waals surface area (Å²) < 4.78 is 11.3. The van der Waals surface area contributed by atoms with E-state index in [0.717, 1.165) is 0 Å². The smallest absolute Gasteiger partial charge is 0.416 e. The van der Waals surface area contributed by atoms with E-state index in [2.05, 4.69) is 23.2 Å². The summed E-state index contributed by atoms with van der Waals surface area (Å²) in [6.07, 6.45) is 5.19. The monoisotopic (exact) mass is 353 g/mol. The number of nitrogens with one attached hydrogen (secondary N) is 1. The molecule has 0 aliphatic carbocycles. The fraction of sp³-hybridized carbons (Fsp3) is 0.688. The lowest BCUT2D eigenvalue weighted by atomic mass is 10.1. The maximum atomic E-state index is 12.3. The minimum Gasteiger partial charge on any atom is -0.443 e. The van der Waals surface area contributed by atoms with Gasteiger partial charge in [0, 0.05) is 32.9 Å². The van der Waals surface area contributed by atoms with Gasteiger partial charge in [0.15, 0.2) is 5.17 Å². The summed E-state index contributed by atoms with van der Waals surface area (Å²) in [5, 5.41) is 3.24. The van der Waals surface area contributed by atoms with Gasteiger partial charge in [-0.15, -0.1) is 0 Å². The molecule has 3 atom stereocenters. The average Bonchev–Trinajstić information content (AvgIpc) is 2.86. The van der Waals surface area contributed by atoms with E-state index in [1.54, 1.807) is 0 Å². The predicted octanol–water partition coefficient (Wildman–Crippen LogP) is 1.74. The van der Waals surface area contributed by atoms with Crippen molar-refractivity contribution in [2.45, 2.75) is 57.8 Å². The van der Waals surface area contributed by atoms with E-state index in [-0.39, 0.29) is 23.5 Å². The lowest BCUT2D eigenvalue weighted by molar-refractivity contribution is -0.119. The summed E-state index contributed by atoms with van der Waals surface area (Å²) in [5.41, 5.74) is -0.850. The topological polar surface area (TPSA) is 80.2 Å². The number of amidine groups is 1. The van der Waals surface area contributed by atoms with Gasteiger partial charge in [0.2, 0.25) is 5.91 Å². The van der Waals surface area contributed by atoms with Crippen LogP contribution >= 0.6 is 11.8 Å². The molecule has 1 saturated heterocycles. The molecule has 2 rings (SSSR count). The van der Waals surface area contributed by atoms with E-state index in [4.69, 9.17) is 9.47 Å². The second-order valence-electron chi connectivity index (χ2n) is 6.42. The van der Waals surface area contributed by atoms with Crippen molar-refractivity contribution in [2.75, 3.05) is 13.1 Å². The van der Waals surface area contributed by atoms with Crippen LogP contribution in [0.3, 0.4) is 0 Å². The normalized spacial score (nSPS) is 26.4. The highest BCUT2D eigenvalue weighted by Gasteiger charge is 2.41. The van der Waals surface area contributed by atoms with Gasteiger partial charge in [0.1, 0.15) is 11.0 Å². The molecule has 0 aromatic carbocycles. The molecule has 0 spiro atoms. The summed E-state index contributed by atoms with van der Waals surface area (Å²) in [4.78, 5) is 29.3. The standard InChI is InChI=1S/C16H23N3O4S/c1-6-19(15(21)23-16(3,4)5)14-18-12-8-7-11(9-17-10(2)20)22-13(12)24-14/h11-13H,6,9H2,1-5H3,(H,17,20)/t11-,12-,13-/m1/s1. The van der Waals surface area contributed by atoms with Crippen LogP contribution in [0.1, 0.15) is 34.6 Å². The lowest BCUT2D eigenvalue weighted by Gasteiger charge is -2.29. The quantitative estimate of drug-likeness (QED) is 0.836. The molecule has 4 radical (unpaired) electrons. The molecule has 2 aliphatic heterocycles. The second-order valence-corrected chi connectivity index (χ2v) is 7.48. The number of aliphatic imine (C=N–C) groups is 1. The van der Waals surface area contributed by atoms with E-state index in [0.29, 0.717) is 18.3 Å². The summed E-state index contributed by atoms with van der Waals surface area (Å²) in [7, 11) is 0. The molecule has 1 N–H and O–H groups in total. The molecule has 0 aromatic heterocycles. The molecule has 2 heterocycles. The first kappa shape index (κ1) is 19.1. The van der Waals surface area contributed by atoms with Gasteiger partial charge in [-0.05, 0) is 27.7 Å². The third-order valence-electron chi connectivity index (χ3n) is 3.12. The summed E-state index contributed by atoms with van der Waals surface area (Å²) in [5.74, 6) is -0.124. The first-order valence-electron chi connectivity index (χ1n) is 7.85. The van der Waals surface area contributed by atoms with Crippen LogP contribution in [0.2, 0.25) is 0 Å². The average molecular weight is 353 g/mol. The Labute approximate surface area is 147 Å². The molecular formula is C16H23N3O4S. The molecule has 0 unspecified atom stereocenters. The van der Waals surface area contributed by atoms with Crippen molar-refractivity contribution >= 4 is 28.9 Å². The zero-order valence-corrected chi connectivity index (χ0v) is 15.4. The maximum Gasteiger partial charge on any atom is 0.416 e. The molecule has 8 heteroatoms. The van der Waals surface area contributed by atoms with Gasteiger partial charge < -0.3 is 14.8 Å². The van der Waals surface area contributed by atoms with Crippen molar-refractivity contribution in [2.24, 2.45) is 4.99 Å². The Kier molecular flexibility index (Phi) is 6.14. The fourth-order valence-electron chi connectivity index (χ4n) is 2.08. The van der Waals surface area contributed by atoms with Crippen LogP contribution in [0.15, 0.2) is 4.99 Å². The Morgan fingerprint density at radius 2 is 2.12 bits per heavy atom. The number of hydrogen-bond donors (Lipinski definition) is 1. The number of fused-ring (bicyclic) bond motifs is 1. The van der Waals surface area contributed by atoms with E-state index >= 15 is 0 Å². The third kappa shape index (κ3) is 5.11. The molecular weight excluding hydrogens is 330 g/mol. The number of carbonyl (C=O) groups excluding carboxylic acids is 2. The predicted molar refractivity (Wildman–Crippen MR) is 91.3 cm³/mol. The highest BCUT2D eigenvalue weighted by atomic mass is 32.2. The van der Waals surface area contributed by atoms with Crippen molar-refractivity contribution in [3.63, 3.8) is 0 Å². The van der Waals surface area contributed by atoms with Crippen molar-refractivity contribution in [1.29, 1.82) is 0 Å². The van der Waals surface area contributed by atoms with E-state index in [1.165, 1.54) is 23.6 Å². The van der Waals surface area contributed by atoms with Gasteiger partial charge >= 0.3 is 6.09 Å². The number of hydrogen-bond acceptors (Lipinski definition) is 6. The van der Waals surface area contributed by atoms with Crippen LogP contribution in [0.5, 0.6) is 0 Å². The molecule has 2 amide bonds. The highest BCUT2D eigenvalue weighted by Crippen LogP contribution is 2.36. The van der Waals surface area contributed by atoms with Crippen LogP contribution < -0.4 is 5.32 Å². The number of amides is 2. The number of ether oxygens (including phenoxy) is 2. The molecule has 1 fully saturated rings. The van der Waals surface area contributed by atoms with Gasteiger partial charge in [-0.1, -0.05) is 11.8 Å². The van der Waals surface area contributed by atoms with Gasteiger partial charge in [0.05, 0.1) is 12.1 Å². The van der Waals surface area contributed by atoms with Crippen molar-refractivity contribution < 1.29 is 19.1 Å². The number of thioether (sulfide) groups is 1. The molecule has 7 nitrogen and oxygen atoms in total. The zero-order valence-electron chi connectivity index (χ0n) is 14.6. The fourth-order valence-corrected chi connectivity index (χ4v) is 3.24. The van der Waals surface area contributed by atoms with Crippen LogP contribution in [0.4, 0.5) is 4.79 Å². The van der Waals surface area contributed by atoms with Crippen molar-refractivity contribution in [1.82, 2.24) is 10.2 Å². The molecule has 0 bridgehead atoms. The summed E-state index contributed by atoms with van der Waals surface area (Å²) in [6, 6.07) is -0.310.